The summed E-state index contributed by atoms with van der Waals surface area (Å²) in [5.41, 5.74) is 6.86. The number of aldehydes is 1. The van der Waals surface area contributed by atoms with E-state index in [1.807, 2.05) is 52.2 Å². The van der Waals surface area contributed by atoms with E-state index in [2.05, 4.69) is 49.4 Å². The fourth-order valence-electron chi connectivity index (χ4n) is 4.13. The number of allylic oxidation sites excluding steroid dienone is 2. The normalized spacial score (nSPS) is 13.0. The summed E-state index contributed by atoms with van der Waals surface area (Å²) in [7, 11) is 1.93. The van der Waals surface area contributed by atoms with Crippen LogP contribution in [0.1, 0.15) is 81.2 Å². The van der Waals surface area contributed by atoms with Gasteiger partial charge < -0.3 is 15.4 Å². The van der Waals surface area contributed by atoms with Crippen molar-refractivity contribution in [1.82, 2.24) is 10.3 Å². The smallest absolute Gasteiger partial charge is 0.217 e. The highest BCUT2D eigenvalue weighted by Gasteiger charge is 2.30. The third-order valence-electron chi connectivity index (χ3n) is 6.62. The molecule has 188 valence electrons. The maximum atomic E-state index is 12.7. The second-order valence-corrected chi connectivity index (χ2v) is 9.66. The third kappa shape index (κ3) is 6.70. The molecule has 0 saturated heterocycles. The molecule has 0 fully saturated rings. The molecule has 1 heterocycles. The lowest BCUT2D eigenvalue weighted by Gasteiger charge is -2.29. The van der Waals surface area contributed by atoms with Crippen LogP contribution in [0.4, 0.5) is 5.69 Å². The number of rotatable bonds is 12. The van der Waals surface area contributed by atoms with Crippen molar-refractivity contribution in [3.05, 3.63) is 63.4 Å². The Morgan fingerprint density at radius 2 is 2.00 bits per heavy atom. The molecule has 1 aromatic heterocycles. The largest absolute Gasteiger partial charge is 0.478 e. The maximum absolute atomic E-state index is 12.7. The van der Waals surface area contributed by atoms with Gasteiger partial charge in [0.25, 0.3) is 0 Å². The number of benzene rings is 1. The molecule has 0 spiro atoms. The van der Waals surface area contributed by atoms with Crippen LogP contribution in [-0.4, -0.2) is 37.0 Å². The van der Waals surface area contributed by atoms with Crippen molar-refractivity contribution in [2.45, 2.75) is 72.8 Å². The highest BCUT2D eigenvalue weighted by atomic mass is 16.5. The van der Waals surface area contributed by atoms with Crippen molar-refractivity contribution < 1.29 is 9.53 Å². The second-order valence-electron chi connectivity index (χ2n) is 9.66. The van der Waals surface area contributed by atoms with Crippen LogP contribution in [0.3, 0.4) is 0 Å². The van der Waals surface area contributed by atoms with E-state index in [9.17, 15) is 10.1 Å². The van der Waals surface area contributed by atoms with Gasteiger partial charge in [-0.1, -0.05) is 25.0 Å². The summed E-state index contributed by atoms with van der Waals surface area (Å²) in [5, 5.41) is 16.5. The minimum absolute atomic E-state index is 0.172. The Balaban J connectivity index is 2.91. The number of likely N-dealkylation sites (N-methyl/N-ethyl adjacent to an activating group) is 1. The monoisotopic (exact) mass is 476 g/mol. The first-order valence-corrected chi connectivity index (χ1v) is 12.3. The van der Waals surface area contributed by atoms with Crippen molar-refractivity contribution in [1.29, 1.82) is 5.26 Å². The van der Waals surface area contributed by atoms with Gasteiger partial charge in [-0.25, -0.2) is 4.98 Å². The number of aromatic nitrogens is 1. The highest BCUT2D eigenvalue weighted by molar-refractivity contribution is 5.81. The van der Waals surface area contributed by atoms with E-state index in [-0.39, 0.29) is 11.5 Å². The van der Waals surface area contributed by atoms with Gasteiger partial charge in [0.15, 0.2) is 0 Å². The van der Waals surface area contributed by atoms with Gasteiger partial charge in [-0.15, -0.1) is 0 Å². The molecule has 0 saturated carbocycles. The summed E-state index contributed by atoms with van der Waals surface area (Å²) in [6.07, 6.45) is 4.55. The molecule has 0 aliphatic rings. The Bertz CT molecular complexity index is 1110. The predicted octanol–water partition coefficient (Wildman–Crippen LogP) is 5.83. The van der Waals surface area contributed by atoms with Crippen molar-refractivity contribution in [3.63, 3.8) is 0 Å². The number of ether oxygens (including phenoxy) is 1. The zero-order chi connectivity index (χ0) is 26.2. The van der Waals surface area contributed by atoms with Crippen LogP contribution in [-0.2, 0) is 4.79 Å². The number of carbonyl (C=O) groups excluding carboxylic acids is 1. The number of carbonyl (C=O) groups is 1. The number of pyridine rings is 1. The fraction of sp³-hybridized carbons (Fsp3) is 0.483. The summed E-state index contributed by atoms with van der Waals surface area (Å²) in [5.74, 6) is 0.149. The molecule has 0 radical (unpaired) electrons. The van der Waals surface area contributed by atoms with Gasteiger partial charge in [0.05, 0.1) is 18.2 Å². The van der Waals surface area contributed by atoms with Crippen molar-refractivity contribution in [2.24, 2.45) is 0 Å². The molecule has 2 aromatic rings. The average Bonchev–Trinajstić information content (AvgIpc) is 2.84. The number of hydrogen-bond acceptors (Lipinski definition) is 6. The third-order valence-corrected chi connectivity index (χ3v) is 6.62. The van der Waals surface area contributed by atoms with E-state index in [1.54, 1.807) is 0 Å². The number of nitriles is 1. The van der Waals surface area contributed by atoms with Crippen LogP contribution >= 0.6 is 0 Å². The summed E-state index contributed by atoms with van der Waals surface area (Å²) in [6.45, 7) is 15.5. The van der Waals surface area contributed by atoms with Gasteiger partial charge in [0, 0.05) is 41.0 Å². The average molecular weight is 477 g/mol. The summed E-state index contributed by atoms with van der Waals surface area (Å²) < 4.78 is 5.99. The lowest BCUT2D eigenvalue weighted by Crippen LogP contribution is -2.43. The van der Waals surface area contributed by atoms with Gasteiger partial charge in [-0.05, 0) is 83.8 Å². The Morgan fingerprint density at radius 3 is 2.57 bits per heavy atom. The van der Waals surface area contributed by atoms with Crippen LogP contribution in [0.2, 0.25) is 0 Å². The minimum atomic E-state index is -0.388. The molecule has 1 unspecified atom stereocenters. The fourth-order valence-corrected chi connectivity index (χ4v) is 4.13. The zero-order valence-electron chi connectivity index (χ0n) is 22.5. The second kappa shape index (κ2) is 12.5. The molecule has 35 heavy (non-hydrogen) atoms. The summed E-state index contributed by atoms with van der Waals surface area (Å²) in [4.78, 5) is 17.3. The van der Waals surface area contributed by atoms with Gasteiger partial charge in [0.1, 0.15) is 6.29 Å². The van der Waals surface area contributed by atoms with Gasteiger partial charge >= 0.3 is 0 Å². The van der Waals surface area contributed by atoms with Gasteiger partial charge in [0.2, 0.25) is 5.88 Å². The summed E-state index contributed by atoms with van der Waals surface area (Å²) in [6, 6.07) is 7.88. The minimum Gasteiger partial charge on any atom is -0.478 e. The summed E-state index contributed by atoms with van der Waals surface area (Å²) >= 11 is 0. The number of aryl methyl sites for hydroxylation is 1. The van der Waals surface area contributed by atoms with E-state index in [0.717, 1.165) is 52.6 Å². The molecular formula is C29H40N4O2. The predicted molar refractivity (Wildman–Crippen MR) is 143 cm³/mol. The highest BCUT2D eigenvalue weighted by Crippen LogP contribution is 2.43. The number of hydrogen-bond donors (Lipinski definition) is 2. The van der Waals surface area contributed by atoms with Crippen LogP contribution in [0.5, 0.6) is 5.88 Å². The Labute approximate surface area is 210 Å². The van der Waals surface area contributed by atoms with Crippen LogP contribution in [0.25, 0.3) is 0 Å². The topological polar surface area (TPSA) is 87.0 Å². The number of anilines is 1. The molecule has 1 atom stereocenters. The lowest BCUT2D eigenvalue weighted by molar-refractivity contribution is -0.105. The molecule has 6 nitrogen and oxygen atoms in total. The van der Waals surface area contributed by atoms with Gasteiger partial charge in [-0.3, -0.25) is 4.79 Å². The molecule has 1 aromatic carbocycles. The van der Waals surface area contributed by atoms with Crippen molar-refractivity contribution >= 4 is 12.0 Å². The molecule has 0 bridgehead atoms. The van der Waals surface area contributed by atoms with E-state index in [1.165, 1.54) is 0 Å². The van der Waals surface area contributed by atoms with E-state index in [0.29, 0.717) is 30.2 Å². The first-order chi connectivity index (χ1) is 16.6. The Morgan fingerprint density at radius 1 is 1.29 bits per heavy atom. The molecule has 2 rings (SSSR count). The molecular weight excluding hydrogens is 436 g/mol. The molecule has 0 aliphatic heterocycles. The van der Waals surface area contributed by atoms with Crippen LogP contribution < -0.4 is 15.4 Å². The van der Waals surface area contributed by atoms with E-state index >= 15 is 0 Å². The molecule has 0 amide bonds. The maximum Gasteiger partial charge on any atom is 0.217 e. The number of nitrogens with one attached hydrogen (secondary N) is 2. The van der Waals surface area contributed by atoms with Crippen molar-refractivity contribution in [3.8, 4) is 11.9 Å². The first-order valence-electron chi connectivity index (χ1n) is 12.3. The zero-order valence-corrected chi connectivity index (χ0v) is 22.5. The van der Waals surface area contributed by atoms with Crippen LogP contribution in [0, 0.1) is 25.2 Å². The Hall–Kier alpha value is -3.17. The standard InChI is InChI=1S/C29H40N4O2/c1-9-11-19(3)24(17-34)27(26-21(5)20(4)16-32-28(26)35-10-2)23-13-12-22(15-30)14-25(23)33-18-29(6,7)31-8/h12-14,16-17,27,31,33H,9-11,18H2,1-8H3/b24-19+. The molecule has 0 aliphatic carbocycles. The number of nitrogens with zero attached hydrogens (tertiary/aromatic N) is 2. The van der Waals surface area contributed by atoms with Crippen LogP contribution in [0.15, 0.2) is 35.5 Å². The molecule has 2 N–H and O–H groups in total. The molecule has 6 heteroatoms. The first kappa shape index (κ1) is 28.1. The quantitative estimate of drug-likeness (QED) is 0.296. The van der Waals surface area contributed by atoms with Crippen molar-refractivity contribution in [2.75, 3.05) is 25.5 Å². The Kier molecular flexibility index (Phi) is 10.0. The van der Waals surface area contributed by atoms with Gasteiger partial charge in [-0.2, -0.15) is 5.26 Å². The lowest BCUT2D eigenvalue weighted by atomic mass is 9.79. The van der Waals surface area contributed by atoms with E-state index < -0.39 is 0 Å². The SMILES string of the molecule is CCC/C(C)=C(\C=O)C(c1ccc(C#N)cc1NCC(C)(C)NC)c1c(OCC)ncc(C)c1C. The van der Waals surface area contributed by atoms with E-state index in [4.69, 9.17) is 4.74 Å².